The molecule has 1 N–H and O–H groups in total. The molecule has 2 atom stereocenters. The summed E-state index contributed by atoms with van der Waals surface area (Å²) in [5, 5.41) is 3.40. The van der Waals surface area contributed by atoms with Gasteiger partial charge in [-0.05, 0) is 64.3 Å². The Bertz CT molecular complexity index is 1390. The first-order chi connectivity index (χ1) is 18.0. The van der Waals surface area contributed by atoms with Crippen LogP contribution in [-0.4, -0.2) is 58.4 Å². The molecule has 3 aromatic rings. The Labute approximate surface area is 221 Å². The SMILES string of the molecule is C[C@@H](C(=O)N[C@H]1CCc2ccccc2N(C(=O)c2ccnc3ccccc23)C1=O)N(C)C(=O)OC(C)(C)C. The second-order valence-corrected chi connectivity index (χ2v) is 10.4. The fraction of sp³-hybridized carbons (Fsp3) is 0.345. The third-order valence-corrected chi connectivity index (χ3v) is 6.49. The third kappa shape index (κ3) is 5.51. The summed E-state index contributed by atoms with van der Waals surface area (Å²) in [6.45, 7) is 6.77. The molecule has 0 unspecified atom stereocenters. The molecule has 9 heteroatoms. The number of amides is 4. The minimum atomic E-state index is -0.971. The number of pyridine rings is 1. The maximum atomic E-state index is 13.9. The highest BCUT2D eigenvalue weighted by Gasteiger charge is 2.37. The van der Waals surface area contributed by atoms with Crippen LogP contribution in [0.15, 0.2) is 60.8 Å². The van der Waals surface area contributed by atoms with Gasteiger partial charge < -0.3 is 10.1 Å². The fourth-order valence-electron chi connectivity index (χ4n) is 4.34. The Morgan fingerprint density at radius 1 is 1.08 bits per heavy atom. The highest BCUT2D eigenvalue weighted by molar-refractivity contribution is 6.26. The molecular weight excluding hydrogens is 484 g/mol. The van der Waals surface area contributed by atoms with E-state index in [1.54, 1.807) is 58.0 Å². The monoisotopic (exact) mass is 516 g/mol. The lowest BCUT2D eigenvalue weighted by atomic mass is 10.1. The number of ether oxygens (including phenoxy) is 1. The predicted molar refractivity (Wildman–Crippen MR) is 144 cm³/mol. The van der Waals surface area contributed by atoms with Crippen molar-refractivity contribution >= 4 is 40.4 Å². The zero-order valence-corrected chi connectivity index (χ0v) is 22.2. The number of benzene rings is 2. The molecule has 38 heavy (non-hydrogen) atoms. The number of aryl methyl sites for hydroxylation is 1. The molecule has 9 nitrogen and oxygen atoms in total. The van der Waals surface area contributed by atoms with E-state index >= 15 is 0 Å². The van der Waals surface area contributed by atoms with E-state index in [1.807, 2.05) is 24.3 Å². The van der Waals surface area contributed by atoms with Crippen LogP contribution in [0.25, 0.3) is 10.9 Å². The number of para-hydroxylation sites is 2. The number of fused-ring (bicyclic) bond motifs is 2. The van der Waals surface area contributed by atoms with Gasteiger partial charge in [-0.2, -0.15) is 0 Å². The number of nitrogens with one attached hydrogen (secondary N) is 1. The average molecular weight is 517 g/mol. The van der Waals surface area contributed by atoms with Crippen molar-refractivity contribution in [3.63, 3.8) is 0 Å². The average Bonchev–Trinajstić information content (AvgIpc) is 3.02. The molecule has 4 amide bonds. The normalized spacial score (nSPS) is 16.3. The fourth-order valence-corrected chi connectivity index (χ4v) is 4.34. The quantitative estimate of drug-likeness (QED) is 0.523. The lowest BCUT2D eigenvalue weighted by Gasteiger charge is -2.29. The molecule has 1 aliphatic rings. The maximum Gasteiger partial charge on any atom is 0.410 e. The molecule has 0 spiro atoms. The van der Waals surface area contributed by atoms with E-state index in [-0.39, 0.29) is 0 Å². The summed E-state index contributed by atoms with van der Waals surface area (Å²) < 4.78 is 5.36. The van der Waals surface area contributed by atoms with Crippen LogP contribution in [0.2, 0.25) is 0 Å². The van der Waals surface area contributed by atoms with Crippen LogP contribution in [0.4, 0.5) is 10.5 Å². The number of carbonyl (C=O) groups is 4. The molecule has 0 saturated heterocycles. The predicted octanol–water partition coefficient (Wildman–Crippen LogP) is 4.09. The number of anilines is 1. The van der Waals surface area contributed by atoms with Crippen molar-refractivity contribution in [2.75, 3.05) is 11.9 Å². The van der Waals surface area contributed by atoms with E-state index in [1.165, 1.54) is 18.1 Å². The van der Waals surface area contributed by atoms with Crippen LogP contribution in [0.5, 0.6) is 0 Å². The minimum absolute atomic E-state index is 0.297. The van der Waals surface area contributed by atoms with Gasteiger partial charge in [-0.15, -0.1) is 0 Å². The molecule has 0 fully saturated rings. The largest absolute Gasteiger partial charge is 0.444 e. The summed E-state index contributed by atoms with van der Waals surface area (Å²) in [5.41, 5.74) is 1.56. The lowest BCUT2D eigenvalue weighted by Crippen LogP contribution is -2.55. The van der Waals surface area contributed by atoms with Gasteiger partial charge in [0, 0.05) is 18.6 Å². The van der Waals surface area contributed by atoms with E-state index in [2.05, 4.69) is 10.3 Å². The molecule has 0 radical (unpaired) electrons. The lowest BCUT2D eigenvalue weighted by molar-refractivity contribution is -0.130. The smallest absolute Gasteiger partial charge is 0.410 e. The van der Waals surface area contributed by atoms with Crippen molar-refractivity contribution in [2.45, 2.75) is 58.2 Å². The Morgan fingerprint density at radius 3 is 2.50 bits per heavy atom. The first-order valence-electron chi connectivity index (χ1n) is 12.5. The molecule has 0 saturated carbocycles. The Morgan fingerprint density at radius 2 is 1.76 bits per heavy atom. The van der Waals surface area contributed by atoms with Gasteiger partial charge in [0.15, 0.2) is 0 Å². The molecule has 2 aromatic carbocycles. The van der Waals surface area contributed by atoms with Crippen LogP contribution < -0.4 is 10.2 Å². The molecule has 4 rings (SSSR count). The van der Waals surface area contributed by atoms with Crippen LogP contribution >= 0.6 is 0 Å². The van der Waals surface area contributed by atoms with Gasteiger partial charge in [0.1, 0.15) is 17.7 Å². The summed E-state index contributed by atoms with van der Waals surface area (Å²) in [6.07, 6.45) is 1.66. The number of hydrogen-bond acceptors (Lipinski definition) is 6. The van der Waals surface area contributed by atoms with Crippen LogP contribution in [-0.2, 0) is 20.7 Å². The number of carbonyl (C=O) groups excluding carboxylic acids is 4. The van der Waals surface area contributed by atoms with Crippen molar-refractivity contribution in [1.82, 2.24) is 15.2 Å². The summed E-state index contributed by atoms with van der Waals surface area (Å²) >= 11 is 0. The minimum Gasteiger partial charge on any atom is -0.444 e. The molecule has 0 aliphatic carbocycles. The van der Waals surface area contributed by atoms with Gasteiger partial charge in [-0.25, -0.2) is 9.69 Å². The van der Waals surface area contributed by atoms with Crippen molar-refractivity contribution in [2.24, 2.45) is 0 Å². The molecule has 198 valence electrons. The highest BCUT2D eigenvalue weighted by Crippen LogP contribution is 2.30. The van der Waals surface area contributed by atoms with E-state index in [4.69, 9.17) is 4.74 Å². The van der Waals surface area contributed by atoms with Crippen LogP contribution in [0, 0.1) is 0 Å². The van der Waals surface area contributed by atoms with Crippen LogP contribution in [0.3, 0.4) is 0 Å². The van der Waals surface area contributed by atoms with Gasteiger partial charge >= 0.3 is 6.09 Å². The molecule has 1 aromatic heterocycles. The number of imide groups is 1. The molecule has 1 aliphatic heterocycles. The highest BCUT2D eigenvalue weighted by atomic mass is 16.6. The summed E-state index contributed by atoms with van der Waals surface area (Å²) in [6, 6.07) is 14.2. The Kier molecular flexibility index (Phi) is 7.48. The zero-order valence-electron chi connectivity index (χ0n) is 22.2. The summed E-state index contributed by atoms with van der Waals surface area (Å²) in [7, 11) is 1.47. The second-order valence-electron chi connectivity index (χ2n) is 10.4. The third-order valence-electron chi connectivity index (χ3n) is 6.49. The van der Waals surface area contributed by atoms with E-state index in [0.29, 0.717) is 35.0 Å². The Balaban J connectivity index is 1.63. The zero-order chi connectivity index (χ0) is 27.6. The second kappa shape index (κ2) is 10.6. The van der Waals surface area contributed by atoms with Crippen molar-refractivity contribution < 1.29 is 23.9 Å². The van der Waals surface area contributed by atoms with Gasteiger partial charge in [0.2, 0.25) is 5.91 Å². The van der Waals surface area contributed by atoms with Gasteiger partial charge in [-0.3, -0.25) is 24.3 Å². The standard InChI is InChI=1S/C29H32N4O5/c1-18(32(5)28(37)38-29(2,3)4)25(34)31-23-15-14-19-10-6-9-13-24(19)33(27(23)36)26(35)21-16-17-30-22-12-8-7-11-20(21)22/h6-13,16-18,23H,14-15H2,1-5H3,(H,31,34)/t18-,23-/m0/s1. The van der Waals surface area contributed by atoms with Crippen molar-refractivity contribution in [1.29, 1.82) is 0 Å². The first kappa shape index (κ1) is 26.8. The van der Waals surface area contributed by atoms with Crippen molar-refractivity contribution in [3.8, 4) is 0 Å². The van der Waals surface area contributed by atoms with Gasteiger partial charge in [0.05, 0.1) is 16.8 Å². The molecule has 0 bridgehead atoms. The van der Waals surface area contributed by atoms with E-state index in [0.717, 1.165) is 10.5 Å². The summed E-state index contributed by atoms with van der Waals surface area (Å²) in [5.74, 6) is -1.56. The number of hydrogen-bond donors (Lipinski definition) is 1. The summed E-state index contributed by atoms with van der Waals surface area (Å²) in [4.78, 5) is 60.1. The molecular formula is C29H32N4O5. The van der Waals surface area contributed by atoms with E-state index in [9.17, 15) is 19.2 Å². The van der Waals surface area contributed by atoms with Crippen molar-refractivity contribution in [3.05, 3.63) is 71.9 Å². The van der Waals surface area contributed by atoms with Crippen LogP contribution in [0.1, 0.15) is 50.0 Å². The number of rotatable bonds is 4. The molecule has 2 heterocycles. The maximum absolute atomic E-state index is 13.9. The number of likely N-dealkylation sites (N-methyl/N-ethyl adjacent to an activating group) is 1. The first-order valence-corrected chi connectivity index (χ1v) is 12.5. The number of aromatic nitrogens is 1. The van der Waals surface area contributed by atoms with E-state index < -0.39 is 41.5 Å². The number of nitrogens with zero attached hydrogens (tertiary/aromatic N) is 3. The van der Waals surface area contributed by atoms with Gasteiger partial charge in [0.25, 0.3) is 11.8 Å². The topological polar surface area (TPSA) is 109 Å². The van der Waals surface area contributed by atoms with Gasteiger partial charge in [-0.1, -0.05) is 36.4 Å². The Hall–Kier alpha value is -4.27.